The fraction of sp³-hybridized carbons (Fsp3) is 0.481. The van der Waals surface area contributed by atoms with Gasteiger partial charge in [-0.2, -0.15) is 0 Å². The molecule has 0 spiro atoms. The summed E-state index contributed by atoms with van der Waals surface area (Å²) in [6.45, 7) is 6.31. The first-order valence-corrected chi connectivity index (χ1v) is 12.8. The van der Waals surface area contributed by atoms with Crippen molar-refractivity contribution >= 4 is 29.4 Å². The molecule has 2 aromatic carbocycles. The van der Waals surface area contributed by atoms with Crippen LogP contribution in [0.3, 0.4) is 0 Å². The van der Waals surface area contributed by atoms with E-state index in [9.17, 15) is 9.59 Å². The van der Waals surface area contributed by atoms with Gasteiger partial charge < -0.3 is 19.9 Å². The van der Waals surface area contributed by atoms with Gasteiger partial charge in [0.15, 0.2) is 0 Å². The number of rotatable bonds is 9. The zero-order valence-corrected chi connectivity index (χ0v) is 22.6. The van der Waals surface area contributed by atoms with Crippen LogP contribution in [0.2, 0.25) is 0 Å². The van der Waals surface area contributed by atoms with Crippen molar-refractivity contribution in [2.45, 2.75) is 44.0 Å². The second-order valence-electron chi connectivity index (χ2n) is 9.40. The Morgan fingerprint density at radius 1 is 1.06 bits per heavy atom. The second-order valence-corrected chi connectivity index (χ2v) is 10.6. The Kier molecular flexibility index (Phi) is 9.60. The number of amides is 2. The number of hydrogen-bond acceptors (Lipinski definition) is 6. The Bertz CT molecular complexity index is 995. The molecule has 0 radical (unpaired) electrons. The predicted octanol–water partition coefficient (Wildman–Crippen LogP) is 4.45. The lowest BCUT2D eigenvalue weighted by Crippen LogP contribution is -2.44. The van der Waals surface area contributed by atoms with E-state index in [1.54, 1.807) is 43.3 Å². The Morgan fingerprint density at radius 3 is 2.20 bits per heavy atom. The molecule has 7 nitrogen and oxygen atoms in total. The van der Waals surface area contributed by atoms with Gasteiger partial charge in [-0.15, -0.1) is 0 Å². The number of carbonyl (C=O) groups is 2. The molecule has 0 aliphatic carbocycles. The maximum atomic E-state index is 12.8. The van der Waals surface area contributed by atoms with Gasteiger partial charge >= 0.3 is 0 Å². The van der Waals surface area contributed by atoms with E-state index in [-0.39, 0.29) is 11.8 Å². The number of piperidine rings is 1. The molecule has 190 valence electrons. The van der Waals surface area contributed by atoms with E-state index in [1.807, 2.05) is 24.1 Å². The van der Waals surface area contributed by atoms with Crippen LogP contribution in [0.1, 0.15) is 40.7 Å². The van der Waals surface area contributed by atoms with Gasteiger partial charge in [0.2, 0.25) is 5.91 Å². The van der Waals surface area contributed by atoms with Crippen molar-refractivity contribution in [3.05, 3.63) is 53.1 Å². The van der Waals surface area contributed by atoms with Crippen molar-refractivity contribution in [2.75, 3.05) is 53.2 Å². The van der Waals surface area contributed by atoms with Gasteiger partial charge in [0.25, 0.3) is 5.91 Å². The van der Waals surface area contributed by atoms with Crippen LogP contribution in [0.5, 0.6) is 5.75 Å². The Morgan fingerprint density at radius 2 is 1.66 bits per heavy atom. The fourth-order valence-corrected chi connectivity index (χ4v) is 5.22. The van der Waals surface area contributed by atoms with E-state index < -0.39 is 0 Å². The Labute approximate surface area is 213 Å². The molecule has 0 unspecified atom stereocenters. The summed E-state index contributed by atoms with van der Waals surface area (Å²) in [5, 5.41) is 2.94. The molecule has 2 aromatic rings. The zero-order valence-electron chi connectivity index (χ0n) is 21.8. The molecule has 1 fully saturated rings. The number of likely N-dealkylation sites (tertiary alicyclic amines) is 1. The lowest BCUT2D eigenvalue weighted by Gasteiger charge is -2.35. The predicted molar refractivity (Wildman–Crippen MR) is 143 cm³/mol. The van der Waals surface area contributed by atoms with Crippen molar-refractivity contribution in [3.8, 4) is 5.75 Å². The van der Waals surface area contributed by atoms with E-state index in [0.717, 1.165) is 42.8 Å². The van der Waals surface area contributed by atoms with Gasteiger partial charge in [-0.05, 0) is 107 Å². The maximum Gasteiger partial charge on any atom is 0.253 e. The molecule has 0 saturated carbocycles. The lowest BCUT2D eigenvalue weighted by molar-refractivity contribution is -0.116. The number of aryl methyl sites for hydroxylation is 2. The van der Waals surface area contributed by atoms with Crippen LogP contribution in [0.15, 0.2) is 41.3 Å². The Hall–Kier alpha value is -2.55. The summed E-state index contributed by atoms with van der Waals surface area (Å²) in [6, 6.07) is 11.8. The number of methoxy groups -OCH3 is 1. The number of carbonyl (C=O) groups excluding carboxylic acids is 2. The third-order valence-corrected chi connectivity index (χ3v) is 7.79. The number of nitrogens with one attached hydrogen (secondary N) is 1. The molecule has 2 amide bonds. The van der Waals surface area contributed by atoms with Crippen LogP contribution in [0.4, 0.5) is 5.69 Å². The topological polar surface area (TPSA) is 65.1 Å². The first-order chi connectivity index (χ1) is 16.7. The van der Waals surface area contributed by atoms with E-state index in [1.165, 1.54) is 4.90 Å². The van der Waals surface area contributed by atoms with Gasteiger partial charge in [0.1, 0.15) is 5.75 Å². The summed E-state index contributed by atoms with van der Waals surface area (Å²) in [4.78, 5) is 30.7. The lowest BCUT2D eigenvalue weighted by atomic mass is 10.0. The van der Waals surface area contributed by atoms with Crippen LogP contribution in [-0.4, -0.2) is 79.8 Å². The van der Waals surface area contributed by atoms with Crippen LogP contribution in [0.25, 0.3) is 0 Å². The number of ether oxygens (including phenoxy) is 1. The summed E-state index contributed by atoms with van der Waals surface area (Å²) in [5.41, 5.74) is 3.67. The quantitative estimate of drug-likeness (QED) is 0.516. The van der Waals surface area contributed by atoms with E-state index in [0.29, 0.717) is 30.3 Å². The largest absolute Gasteiger partial charge is 0.497 e. The summed E-state index contributed by atoms with van der Waals surface area (Å²) in [5.74, 6) is 0.862. The number of benzene rings is 2. The molecule has 35 heavy (non-hydrogen) atoms. The van der Waals surface area contributed by atoms with Crippen molar-refractivity contribution in [3.63, 3.8) is 0 Å². The average molecular weight is 499 g/mol. The highest BCUT2D eigenvalue weighted by Gasteiger charge is 2.24. The number of hydrogen-bond donors (Lipinski definition) is 1. The molecule has 0 aromatic heterocycles. The van der Waals surface area contributed by atoms with E-state index in [4.69, 9.17) is 4.74 Å². The van der Waals surface area contributed by atoms with E-state index >= 15 is 0 Å². The summed E-state index contributed by atoms with van der Waals surface area (Å²) in [7, 11) is 7.85. The van der Waals surface area contributed by atoms with Gasteiger partial charge in [-0.25, -0.2) is 4.31 Å². The van der Waals surface area contributed by atoms with Crippen LogP contribution < -0.4 is 10.1 Å². The summed E-state index contributed by atoms with van der Waals surface area (Å²) in [6.07, 6.45) is 2.37. The minimum Gasteiger partial charge on any atom is -0.497 e. The van der Waals surface area contributed by atoms with E-state index in [2.05, 4.69) is 42.5 Å². The summed E-state index contributed by atoms with van der Waals surface area (Å²) < 4.78 is 7.41. The first kappa shape index (κ1) is 27.0. The molecule has 0 bridgehead atoms. The second kappa shape index (κ2) is 12.4. The third kappa shape index (κ3) is 7.46. The van der Waals surface area contributed by atoms with Crippen LogP contribution in [0, 0.1) is 13.8 Å². The van der Waals surface area contributed by atoms with Crippen molar-refractivity contribution in [1.82, 2.24) is 14.1 Å². The smallest absolute Gasteiger partial charge is 0.253 e. The molecule has 3 rings (SSSR count). The standard InChI is InChI=1S/C27H38N4O3S/c1-19-17-24(34-6)18-20(2)26(19)35-30(5)14-13-25(32)28-22-9-7-21(8-10-22)27(33)31-15-11-23(12-16-31)29(3)4/h7-10,17-18,23H,11-16H2,1-6H3,(H,28,32). The molecular weight excluding hydrogens is 460 g/mol. The SMILES string of the molecule is COc1cc(C)c(SN(C)CCC(=O)Nc2ccc(C(=O)N3CCC(N(C)C)CC3)cc2)c(C)c1. The van der Waals surface area contributed by atoms with Gasteiger partial charge in [-0.3, -0.25) is 9.59 Å². The highest BCUT2D eigenvalue weighted by atomic mass is 32.2. The first-order valence-electron chi connectivity index (χ1n) is 12.1. The molecule has 1 N–H and O–H groups in total. The highest BCUT2D eigenvalue weighted by Crippen LogP contribution is 2.31. The minimum absolute atomic E-state index is 0.0505. The van der Waals surface area contributed by atoms with Gasteiger partial charge in [-0.1, -0.05) is 0 Å². The zero-order chi connectivity index (χ0) is 25.5. The van der Waals surface area contributed by atoms with Gasteiger partial charge in [0, 0.05) is 48.2 Å². The molecule has 8 heteroatoms. The third-order valence-electron chi connectivity index (χ3n) is 6.47. The normalized spacial score (nSPS) is 14.5. The van der Waals surface area contributed by atoms with Crippen molar-refractivity contribution in [2.24, 2.45) is 0 Å². The number of anilines is 1. The van der Waals surface area contributed by atoms with Crippen LogP contribution >= 0.6 is 11.9 Å². The molecule has 1 saturated heterocycles. The highest BCUT2D eigenvalue weighted by molar-refractivity contribution is 7.97. The summed E-state index contributed by atoms with van der Waals surface area (Å²) >= 11 is 1.64. The monoisotopic (exact) mass is 498 g/mol. The average Bonchev–Trinajstić information content (AvgIpc) is 2.85. The molecular formula is C27H38N4O3S. The minimum atomic E-state index is -0.0505. The van der Waals surface area contributed by atoms with Gasteiger partial charge in [0.05, 0.1) is 7.11 Å². The Balaban J connectivity index is 1.46. The molecule has 1 aliphatic heterocycles. The fourth-order valence-electron chi connectivity index (χ4n) is 4.32. The molecule has 1 heterocycles. The molecule has 1 aliphatic rings. The maximum absolute atomic E-state index is 12.8. The molecule has 0 atom stereocenters. The van der Waals surface area contributed by atoms with Crippen molar-refractivity contribution < 1.29 is 14.3 Å². The number of nitrogens with zero attached hydrogens (tertiary/aromatic N) is 3. The van der Waals surface area contributed by atoms with Crippen LogP contribution in [-0.2, 0) is 4.79 Å². The van der Waals surface area contributed by atoms with Crippen molar-refractivity contribution in [1.29, 1.82) is 0 Å².